The summed E-state index contributed by atoms with van der Waals surface area (Å²) in [7, 11) is 1.48. The molecule has 4 atom stereocenters. The van der Waals surface area contributed by atoms with Gasteiger partial charge in [-0.05, 0) is 102 Å². The molecule has 0 saturated carbocycles. The molecule has 0 spiro atoms. The van der Waals surface area contributed by atoms with Gasteiger partial charge in [-0.2, -0.15) is 0 Å². The van der Waals surface area contributed by atoms with Gasteiger partial charge in [0.05, 0.1) is 24.1 Å². The van der Waals surface area contributed by atoms with Gasteiger partial charge in [0.1, 0.15) is 35.1 Å². The van der Waals surface area contributed by atoms with Gasteiger partial charge in [0.15, 0.2) is 0 Å². The van der Waals surface area contributed by atoms with E-state index in [4.69, 9.17) is 36.1 Å². The fourth-order valence-electron chi connectivity index (χ4n) is 5.75. The molecule has 0 aromatic heterocycles. The summed E-state index contributed by atoms with van der Waals surface area (Å²) in [5.41, 5.74) is 8.24. The van der Waals surface area contributed by atoms with E-state index >= 15 is 0 Å². The number of nitrogens with one attached hydrogen (secondary N) is 3. The van der Waals surface area contributed by atoms with Crippen molar-refractivity contribution in [2.75, 3.05) is 13.7 Å². The summed E-state index contributed by atoms with van der Waals surface area (Å²) >= 11 is 6.34. The highest BCUT2D eigenvalue weighted by molar-refractivity contribution is 6.32. The van der Waals surface area contributed by atoms with Crippen LogP contribution in [0.15, 0.2) is 65.8 Å². The number of carbonyl (C=O) groups excluding carboxylic acids is 5. The lowest BCUT2D eigenvalue weighted by Gasteiger charge is -2.30. The molecule has 340 valence electrons. The van der Waals surface area contributed by atoms with Gasteiger partial charge in [-0.3, -0.25) is 9.59 Å². The van der Waals surface area contributed by atoms with Crippen molar-refractivity contribution in [3.8, 4) is 5.75 Å². The van der Waals surface area contributed by atoms with Crippen LogP contribution in [0.25, 0.3) is 16.5 Å². The minimum Gasteiger partial charge on any atom is -0.495 e. The molecule has 2 rings (SSSR count). The van der Waals surface area contributed by atoms with Crippen molar-refractivity contribution in [1.82, 2.24) is 16.0 Å². The monoisotopic (exact) mass is 880 g/mol. The summed E-state index contributed by atoms with van der Waals surface area (Å²) < 4.78 is 22.2. The van der Waals surface area contributed by atoms with Crippen LogP contribution >= 0.6 is 11.6 Å². The van der Waals surface area contributed by atoms with Gasteiger partial charge in [-0.15, -0.1) is 0 Å². The molecular weight excluding hydrogens is 816 g/mol. The lowest BCUT2D eigenvalue weighted by Crippen LogP contribution is -2.54. The van der Waals surface area contributed by atoms with E-state index in [1.165, 1.54) is 13.2 Å². The van der Waals surface area contributed by atoms with E-state index in [2.05, 4.69) is 26.0 Å². The Morgan fingerprint density at radius 1 is 0.871 bits per heavy atom. The first-order chi connectivity index (χ1) is 28.8. The first kappa shape index (κ1) is 52.6. The molecule has 0 aliphatic heterocycles. The third-order valence-electron chi connectivity index (χ3n) is 9.05. The van der Waals surface area contributed by atoms with Crippen molar-refractivity contribution in [2.45, 2.75) is 131 Å². The van der Waals surface area contributed by atoms with Crippen LogP contribution in [-0.2, 0) is 46.4 Å². The molecule has 3 N–H and O–H groups in total. The Bertz CT molecular complexity index is 1940. The van der Waals surface area contributed by atoms with Gasteiger partial charge < -0.3 is 34.9 Å². The van der Waals surface area contributed by atoms with Gasteiger partial charge in [0, 0.05) is 36.3 Å². The third-order valence-corrected chi connectivity index (χ3v) is 9.35. The van der Waals surface area contributed by atoms with Gasteiger partial charge in [-0.1, -0.05) is 86.0 Å². The van der Waals surface area contributed by atoms with E-state index in [1.807, 2.05) is 57.2 Å². The van der Waals surface area contributed by atoms with Crippen molar-refractivity contribution in [3.63, 3.8) is 0 Å². The number of carbonyl (C=O) groups is 5. The number of azide groups is 1. The van der Waals surface area contributed by atoms with Crippen molar-refractivity contribution in [3.05, 3.63) is 92.8 Å². The zero-order chi connectivity index (χ0) is 46.8. The SMILES string of the molecule is COc1ccc(C[C@@H](NC(=O)OC(C)(C)C)C(=O)NCC(C)(C)C(=O)N[C@@H](CC(C)C)C(=O)O[C@@H](C/C=C/C(=O)OC(C)(C)C)[C@H](C)/C=C/c2ccc(CN=[N+]=[N-])cc2)cc1Cl. The maximum absolute atomic E-state index is 14.0. The number of hydrogen-bond acceptors (Lipinski definition) is 10. The fraction of sp³-hybridized carbons (Fsp3) is 0.543. The van der Waals surface area contributed by atoms with Crippen molar-refractivity contribution in [2.24, 2.45) is 22.4 Å². The second-order valence-electron chi connectivity index (χ2n) is 18.1. The highest BCUT2D eigenvalue weighted by atomic mass is 35.5. The molecular formula is C46H65ClN6O9. The Kier molecular flexibility index (Phi) is 20.5. The zero-order valence-electron chi connectivity index (χ0n) is 38.2. The molecule has 0 bridgehead atoms. The van der Waals surface area contributed by atoms with Crippen LogP contribution in [0.2, 0.25) is 5.02 Å². The smallest absolute Gasteiger partial charge is 0.408 e. The van der Waals surface area contributed by atoms with E-state index in [9.17, 15) is 24.0 Å². The molecule has 2 aromatic carbocycles. The average Bonchev–Trinajstić information content (AvgIpc) is 3.16. The third kappa shape index (κ3) is 19.9. The molecule has 0 unspecified atom stereocenters. The number of nitrogens with zero attached hydrogens (tertiary/aromatic N) is 3. The lowest BCUT2D eigenvalue weighted by atomic mass is 9.90. The Morgan fingerprint density at radius 2 is 1.50 bits per heavy atom. The minimum absolute atomic E-state index is 0.0218. The topological polar surface area (TPSA) is 207 Å². The largest absolute Gasteiger partial charge is 0.495 e. The van der Waals surface area contributed by atoms with Crippen molar-refractivity contribution >= 4 is 47.5 Å². The highest BCUT2D eigenvalue weighted by Crippen LogP contribution is 2.26. The minimum atomic E-state index is -1.23. The first-order valence-corrected chi connectivity index (χ1v) is 21.0. The predicted molar refractivity (Wildman–Crippen MR) is 240 cm³/mol. The molecule has 62 heavy (non-hydrogen) atoms. The number of alkyl carbamates (subject to hydrolysis) is 1. The van der Waals surface area contributed by atoms with Crippen LogP contribution in [0.4, 0.5) is 4.79 Å². The molecule has 0 aliphatic rings. The summed E-state index contributed by atoms with van der Waals surface area (Å²) in [5, 5.41) is 12.2. The molecule has 0 radical (unpaired) electrons. The fourth-order valence-corrected chi connectivity index (χ4v) is 6.03. The van der Waals surface area contributed by atoms with E-state index in [0.717, 1.165) is 11.1 Å². The first-order valence-electron chi connectivity index (χ1n) is 20.6. The molecule has 2 aromatic rings. The molecule has 0 aliphatic carbocycles. The van der Waals surface area contributed by atoms with Crippen LogP contribution in [0.3, 0.4) is 0 Å². The zero-order valence-corrected chi connectivity index (χ0v) is 38.9. The van der Waals surface area contributed by atoms with Crippen molar-refractivity contribution in [1.29, 1.82) is 0 Å². The Hall–Kier alpha value is -5.53. The molecule has 0 saturated heterocycles. The number of methoxy groups -OCH3 is 1. The van der Waals surface area contributed by atoms with Crippen LogP contribution < -0.4 is 20.7 Å². The van der Waals surface area contributed by atoms with Gasteiger partial charge in [0.25, 0.3) is 0 Å². The number of esters is 2. The Labute approximate surface area is 371 Å². The molecule has 3 amide bonds. The van der Waals surface area contributed by atoms with Crippen LogP contribution in [0.5, 0.6) is 5.75 Å². The molecule has 15 nitrogen and oxygen atoms in total. The molecule has 0 fully saturated rings. The standard InChI is InChI=1S/C46H65ClN6O9/c1-29(2)24-36(41(56)60-37(14-13-15-39(54)61-44(4,5)6)30(3)16-17-31-18-20-32(21-19-31)27-50-53-48)51-42(57)46(10,11)28-49-40(55)35(52-43(58)62-45(7,8)9)26-33-22-23-38(59-12)34(47)25-33/h13,15-23,25,29-30,35-37H,14,24,26-28H2,1-12H3,(H,49,55)(H,51,57)(H,52,58)/b15-13+,17-16+/t30-,35-,36+,37+/m1/s1. The number of ether oxygens (including phenoxy) is 4. The number of halogens is 1. The number of amides is 3. The number of hydrogen-bond donors (Lipinski definition) is 3. The summed E-state index contributed by atoms with van der Waals surface area (Å²) in [6.45, 7) is 19.4. The molecule has 16 heteroatoms. The highest BCUT2D eigenvalue weighted by Gasteiger charge is 2.35. The second kappa shape index (κ2) is 24.2. The second-order valence-corrected chi connectivity index (χ2v) is 18.5. The summed E-state index contributed by atoms with van der Waals surface area (Å²) in [4.78, 5) is 69.6. The van der Waals surface area contributed by atoms with E-state index < -0.39 is 64.7 Å². The van der Waals surface area contributed by atoms with Crippen LogP contribution in [-0.4, -0.2) is 72.9 Å². The number of benzene rings is 2. The quantitative estimate of drug-likeness (QED) is 0.0273. The summed E-state index contributed by atoms with van der Waals surface area (Å²) in [6, 6.07) is 10.3. The Morgan fingerprint density at radius 3 is 2.06 bits per heavy atom. The van der Waals surface area contributed by atoms with Gasteiger partial charge in [0.2, 0.25) is 11.8 Å². The maximum atomic E-state index is 14.0. The Balaban J connectivity index is 2.29. The normalized spacial score (nSPS) is 14.0. The van der Waals surface area contributed by atoms with E-state index in [-0.39, 0.29) is 44.2 Å². The average molecular weight is 882 g/mol. The predicted octanol–water partition coefficient (Wildman–Crippen LogP) is 8.82. The molecule has 0 heterocycles. The van der Waals surface area contributed by atoms with Crippen molar-refractivity contribution < 1.29 is 42.9 Å². The van der Waals surface area contributed by atoms with Gasteiger partial charge >= 0.3 is 18.0 Å². The van der Waals surface area contributed by atoms with E-state index in [1.54, 1.807) is 79.7 Å². The van der Waals surface area contributed by atoms with Crippen LogP contribution in [0, 0.1) is 17.3 Å². The lowest BCUT2D eigenvalue weighted by molar-refractivity contribution is -0.155. The maximum Gasteiger partial charge on any atom is 0.408 e. The summed E-state index contributed by atoms with van der Waals surface area (Å²) in [6.07, 6.45) is 5.60. The van der Waals surface area contributed by atoms with Crippen LogP contribution in [0.1, 0.15) is 106 Å². The number of rotatable bonds is 21. The van der Waals surface area contributed by atoms with Gasteiger partial charge in [-0.25, -0.2) is 14.4 Å². The summed E-state index contributed by atoms with van der Waals surface area (Å²) in [5.74, 6) is -2.21. The van der Waals surface area contributed by atoms with E-state index in [0.29, 0.717) is 16.3 Å².